The molecule has 1 amide bonds. The topological polar surface area (TPSA) is 46.6 Å². The van der Waals surface area contributed by atoms with E-state index >= 15 is 0 Å². The Hall–Kier alpha value is -1.06. The van der Waals surface area contributed by atoms with Crippen LogP contribution >= 0.6 is 0 Å². The van der Waals surface area contributed by atoms with Crippen molar-refractivity contribution in [2.24, 2.45) is 5.92 Å². The number of piperidine rings is 1. The Bertz CT molecular complexity index is 277. The predicted molar refractivity (Wildman–Crippen MR) is 54.5 cm³/mol. The molecule has 3 fully saturated rings. The molecule has 4 nitrogen and oxygen atoms in total. The molecule has 0 aromatic rings. The standard InChI is InChI=1S/C11H17NO3/c1-2-15-11(14)12-7-8-4-3-5-9(12)6-10(8)13/h8-9H,2-7H2,1H3/t8-,9-/m0/s1. The van der Waals surface area contributed by atoms with E-state index in [-0.39, 0.29) is 18.1 Å². The summed E-state index contributed by atoms with van der Waals surface area (Å²) in [5, 5.41) is 0. The number of hydrogen-bond donors (Lipinski definition) is 0. The number of carbonyl (C=O) groups excluding carboxylic acids is 2. The molecule has 2 aliphatic heterocycles. The van der Waals surface area contributed by atoms with Crippen LogP contribution < -0.4 is 0 Å². The third kappa shape index (κ3) is 1.98. The molecule has 3 aliphatic rings. The quantitative estimate of drug-likeness (QED) is 0.661. The second-order valence-corrected chi connectivity index (χ2v) is 4.30. The van der Waals surface area contributed by atoms with E-state index < -0.39 is 0 Å². The third-order valence-electron chi connectivity index (χ3n) is 3.34. The van der Waals surface area contributed by atoms with Crippen LogP contribution in [0.2, 0.25) is 0 Å². The molecular weight excluding hydrogens is 194 g/mol. The lowest BCUT2D eigenvalue weighted by Crippen LogP contribution is -2.48. The van der Waals surface area contributed by atoms with Gasteiger partial charge in [0.15, 0.2) is 0 Å². The number of Topliss-reactive ketones (excluding diaryl/α,β-unsaturated/α-hetero) is 1. The summed E-state index contributed by atoms with van der Waals surface area (Å²) in [5.74, 6) is 0.395. The maximum atomic E-state index is 11.6. The molecule has 1 saturated carbocycles. The molecule has 2 heterocycles. The van der Waals surface area contributed by atoms with E-state index in [0.29, 0.717) is 25.4 Å². The minimum atomic E-state index is -0.248. The fourth-order valence-corrected chi connectivity index (χ4v) is 2.54. The molecule has 0 aromatic carbocycles. The smallest absolute Gasteiger partial charge is 0.410 e. The van der Waals surface area contributed by atoms with Gasteiger partial charge in [0.2, 0.25) is 0 Å². The first-order chi connectivity index (χ1) is 7.22. The van der Waals surface area contributed by atoms with Gasteiger partial charge in [-0.2, -0.15) is 0 Å². The zero-order valence-electron chi connectivity index (χ0n) is 9.07. The second kappa shape index (κ2) is 4.21. The van der Waals surface area contributed by atoms with Gasteiger partial charge >= 0.3 is 6.09 Å². The van der Waals surface area contributed by atoms with E-state index in [1.807, 2.05) is 0 Å². The van der Waals surface area contributed by atoms with Gasteiger partial charge in [-0.05, 0) is 19.8 Å². The highest BCUT2D eigenvalue weighted by molar-refractivity contribution is 5.85. The highest BCUT2D eigenvalue weighted by Crippen LogP contribution is 2.31. The number of ketones is 1. The van der Waals surface area contributed by atoms with Crippen LogP contribution in [0.15, 0.2) is 0 Å². The molecule has 0 spiro atoms. The van der Waals surface area contributed by atoms with Gasteiger partial charge in [-0.15, -0.1) is 0 Å². The predicted octanol–water partition coefficient (Wildman–Crippen LogP) is 1.59. The molecule has 4 heteroatoms. The Kier molecular flexibility index (Phi) is 2.93. The Morgan fingerprint density at radius 1 is 1.53 bits per heavy atom. The average molecular weight is 211 g/mol. The van der Waals surface area contributed by atoms with Crippen LogP contribution in [0.4, 0.5) is 4.79 Å². The highest BCUT2D eigenvalue weighted by atomic mass is 16.6. The van der Waals surface area contributed by atoms with E-state index in [9.17, 15) is 9.59 Å². The monoisotopic (exact) mass is 211 g/mol. The lowest BCUT2D eigenvalue weighted by molar-refractivity contribution is -0.126. The van der Waals surface area contributed by atoms with Gasteiger partial charge in [-0.25, -0.2) is 4.79 Å². The normalized spacial score (nSPS) is 30.2. The van der Waals surface area contributed by atoms with Crippen molar-refractivity contribution in [2.45, 2.75) is 38.6 Å². The number of fused-ring (bicyclic) bond motifs is 4. The maximum Gasteiger partial charge on any atom is 0.410 e. The van der Waals surface area contributed by atoms with E-state index in [0.717, 1.165) is 19.3 Å². The fraction of sp³-hybridized carbons (Fsp3) is 0.818. The summed E-state index contributed by atoms with van der Waals surface area (Å²) < 4.78 is 5.00. The Morgan fingerprint density at radius 3 is 3.07 bits per heavy atom. The van der Waals surface area contributed by atoms with Crippen LogP contribution in [0, 0.1) is 5.92 Å². The van der Waals surface area contributed by atoms with Crippen molar-refractivity contribution in [3.63, 3.8) is 0 Å². The molecule has 1 aliphatic carbocycles. The SMILES string of the molecule is CCOC(=O)N1C[C@@H]2CCC[C@H]1CC2=O. The van der Waals surface area contributed by atoms with Gasteiger partial charge in [0, 0.05) is 24.9 Å². The van der Waals surface area contributed by atoms with Gasteiger partial charge in [-0.3, -0.25) is 4.79 Å². The molecule has 0 unspecified atom stereocenters. The first kappa shape index (κ1) is 10.5. The zero-order valence-corrected chi connectivity index (χ0v) is 9.07. The summed E-state index contributed by atoms with van der Waals surface area (Å²) in [5.41, 5.74) is 0. The summed E-state index contributed by atoms with van der Waals surface area (Å²) >= 11 is 0. The summed E-state index contributed by atoms with van der Waals surface area (Å²) in [6.45, 7) is 2.78. The van der Waals surface area contributed by atoms with Crippen molar-refractivity contribution in [3.8, 4) is 0 Å². The summed E-state index contributed by atoms with van der Waals surface area (Å²) in [6, 6.07) is 0.0929. The average Bonchev–Trinajstić information content (AvgIpc) is 2.50. The van der Waals surface area contributed by atoms with Gasteiger partial charge < -0.3 is 9.64 Å². The van der Waals surface area contributed by atoms with Crippen LogP contribution in [0.5, 0.6) is 0 Å². The zero-order chi connectivity index (χ0) is 10.8. The van der Waals surface area contributed by atoms with Gasteiger partial charge in [0.1, 0.15) is 5.78 Å². The molecule has 0 aromatic heterocycles. The molecule has 3 rings (SSSR count). The van der Waals surface area contributed by atoms with E-state index in [4.69, 9.17) is 4.74 Å². The van der Waals surface area contributed by atoms with Crippen molar-refractivity contribution in [1.82, 2.24) is 4.90 Å². The van der Waals surface area contributed by atoms with Crippen LogP contribution in [-0.2, 0) is 9.53 Å². The minimum Gasteiger partial charge on any atom is -0.450 e. The van der Waals surface area contributed by atoms with Gasteiger partial charge in [0.25, 0.3) is 0 Å². The Balaban J connectivity index is 2.09. The van der Waals surface area contributed by atoms with Crippen LogP contribution in [0.3, 0.4) is 0 Å². The Labute approximate surface area is 89.6 Å². The van der Waals surface area contributed by atoms with Crippen molar-refractivity contribution in [2.75, 3.05) is 13.2 Å². The lowest BCUT2D eigenvalue weighted by atomic mass is 9.93. The molecule has 0 N–H and O–H groups in total. The largest absolute Gasteiger partial charge is 0.450 e. The highest BCUT2D eigenvalue weighted by Gasteiger charge is 2.39. The van der Waals surface area contributed by atoms with Crippen molar-refractivity contribution in [1.29, 1.82) is 0 Å². The van der Waals surface area contributed by atoms with Crippen molar-refractivity contribution >= 4 is 11.9 Å². The molecule has 2 atom stereocenters. The van der Waals surface area contributed by atoms with E-state index in [1.54, 1.807) is 11.8 Å². The van der Waals surface area contributed by atoms with Crippen LogP contribution in [-0.4, -0.2) is 36.0 Å². The van der Waals surface area contributed by atoms with Gasteiger partial charge in [0.05, 0.1) is 6.61 Å². The molecule has 2 bridgehead atoms. The summed E-state index contributed by atoms with van der Waals surface area (Å²) in [4.78, 5) is 25.0. The van der Waals surface area contributed by atoms with Crippen LogP contribution in [0.1, 0.15) is 32.6 Å². The molecule has 84 valence electrons. The van der Waals surface area contributed by atoms with E-state index in [1.165, 1.54) is 0 Å². The molecular formula is C11H17NO3. The molecule has 15 heavy (non-hydrogen) atoms. The number of nitrogens with zero attached hydrogens (tertiary/aromatic N) is 1. The van der Waals surface area contributed by atoms with Gasteiger partial charge in [-0.1, -0.05) is 6.42 Å². The third-order valence-corrected chi connectivity index (χ3v) is 3.34. The summed E-state index contributed by atoms with van der Waals surface area (Å²) in [6.07, 6.45) is 3.22. The number of amides is 1. The second-order valence-electron chi connectivity index (χ2n) is 4.30. The first-order valence-electron chi connectivity index (χ1n) is 5.68. The molecule has 2 saturated heterocycles. The fourth-order valence-electron chi connectivity index (χ4n) is 2.54. The van der Waals surface area contributed by atoms with E-state index in [2.05, 4.69) is 0 Å². The Morgan fingerprint density at radius 2 is 2.33 bits per heavy atom. The molecule has 0 radical (unpaired) electrons. The maximum absolute atomic E-state index is 11.6. The number of rotatable bonds is 1. The minimum absolute atomic E-state index is 0.0631. The summed E-state index contributed by atoms with van der Waals surface area (Å²) in [7, 11) is 0. The first-order valence-corrected chi connectivity index (χ1v) is 5.68. The van der Waals surface area contributed by atoms with Crippen molar-refractivity contribution < 1.29 is 14.3 Å². The number of carbonyl (C=O) groups is 2. The number of ether oxygens (including phenoxy) is 1. The lowest BCUT2D eigenvalue weighted by Gasteiger charge is -2.34. The van der Waals surface area contributed by atoms with Crippen molar-refractivity contribution in [3.05, 3.63) is 0 Å². The number of hydrogen-bond acceptors (Lipinski definition) is 3. The van der Waals surface area contributed by atoms with Crippen LogP contribution in [0.25, 0.3) is 0 Å².